The van der Waals surface area contributed by atoms with Crippen LogP contribution in [-0.4, -0.2) is 20.3 Å². The third kappa shape index (κ3) is 2.63. The van der Waals surface area contributed by atoms with E-state index in [9.17, 15) is 0 Å². The Labute approximate surface area is 106 Å². The molecule has 2 aromatic rings. The lowest BCUT2D eigenvalue weighted by molar-refractivity contribution is 0.184. The van der Waals surface area contributed by atoms with Gasteiger partial charge in [0, 0.05) is 13.7 Å². The summed E-state index contributed by atoms with van der Waals surface area (Å²) in [4.78, 5) is 0. The molecule has 0 bridgehead atoms. The maximum Gasteiger partial charge on any atom is 0.246 e. The van der Waals surface area contributed by atoms with Crippen LogP contribution >= 0.6 is 0 Å². The largest absolute Gasteiger partial charge is 0.488 e. The van der Waals surface area contributed by atoms with E-state index in [1.165, 1.54) is 0 Å². The number of ether oxygens (including phenoxy) is 2. The molecule has 0 radical (unpaired) electrons. The first kappa shape index (κ1) is 12.5. The third-order valence-corrected chi connectivity index (χ3v) is 2.64. The summed E-state index contributed by atoms with van der Waals surface area (Å²) in [6.07, 6.45) is 1.83. The number of nitrogens with zero attached hydrogens (tertiary/aromatic N) is 1. The smallest absolute Gasteiger partial charge is 0.246 e. The van der Waals surface area contributed by atoms with E-state index >= 15 is 0 Å². The quantitative estimate of drug-likeness (QED) is 0.734. The zero-order valence-corrected chi connectivity index (χ0v) is 10.3. The van der Waals surface area contributed by atoms with Crippen molar-refractivity contribution >= 4 is 11.0 Å². The second-order valence-electron chi connectivity index (χ2n) is 3.92. The number of rotatable bonds is 6. The van der Waals surface area contributed by atoms with Crippen molar-refractivity contribution in [3.05, 3.63) is 30.0 Å². The molecule has 0 amide bonds. The molecule has 4 nitrogen and oxygen atoms in total. The van der Waals surface area contributed by atoms with Crippen molar-refractivity contribution in [3.63, 3.8) is 0 Å². The highest BCUT2D eigenvalue weighted by Crippen LogP contribution is 2.32. The molecule has 0 fully saturated rings. The number of unbranched alkanes of at least 4 members (excludes halogenated alkanes) is 1. The summed E-state index contributed by atoms with van der Waals surface area (Å²) in [5.74, 6) is 0.786. The number of nitriles is 1. The molecule has 1 heterocycles. The van der Waals surface area contributed by atoms with E-state index in [-0.39, 0.29) is 5.76 Å². The zero-order chi connectivity index (χ0) is 12.8. The third-order valence-electron chi connectivity index (χ3n) is 2.64. The number of fused-ring (bicyclic) bond motifs is 1. The van der Waals surface area contributed by atoms with E-state index in [2.05, 4.69) is 0 Å². The minimum absolute atomic E-state index is 0.239. The van der Waals surface area contributed by atoms with Crippen LogP contribution < -0.4 is 4.74 Å². The van der Waals surface area contributed by atoms with Gasteiger partial charge in [-0.25, -0.2) is 0 Å². The van der Waals surface area contributed by atoms with Crippen LogP contribution in [0, 0.1) is 11.3 Å². The summed E-state index contributed by atoms with van der Waals surface area (Å²) < 4.78 is 16.0. The molecule has 0 N–H and O–H groups in total. The fraction of sp³-hybridized carbons (Fsp3) is 0.357. The molecule has 1 aromatic carbocycles. The number of furan rings is 1. The molecular formula is C14H15NO3. The molecule has 18 heavy (non-hydrogen) atoms. The van der Waals surface area contributed by atoms with Crippen molar-refractivity contribution in [2.45, 2.75) is 12.8 Å². The van der Waals surface area contributed by atoms with Crippen LogP contribution in [0.4, 0.5) is 0 Å². The highest BCUT2D eigenvalue weighted by atomic mass is 16.5. The SMILES string of the molecule is COCCCCOc1c(C#N)oc2ccccc12. The molecule has 0 saturated carbocycles. The first-order valence-corrected chi connectivity index (χ1v) is 5.90. The van der Waals surface area contributed by atoms with E-state index in [1.807, 2.05) is 30.3 Å². The first-order chi connectivity index (χ1) is 8.86. The molecule has 0 atom stereocenters. The lowest BCUT2D eigenvalue weighted by atomic mass is 10.2. The Morgan fingerprint density at radius 1 is 1.22 bits per heavy atom. The average Bonchev–Trinajstić information content (AvgIpc) is 2.77. The lowest BCUT2D eigenvalue weighted by Gasteiger charge is -2.04. The van der Waals surface area contributed by atoms with Gasteiger partial charge in [0.2, 0.25) is 5.76 Å². The first-order valence-electron chi connectivity index (χ1n) is 5.90. The Morgan fingerprint density at radius 2 is 2.00 bits per heavy atom. The summed E-state index contributed by atoms with van der Waals surface area (Å²) in [5, 5.41) is 9.86. The molecule has 1 aromatic heterocycles. The second kappa shape index (κ2) is 6.08. The molecule has 0 aliphatic heterocycles. The van der Waals surface area contributed by atoms with Crippen LogP contribution in [0.15, 0.2) is 28.7 Å². The number of hydrogen-bond donors (Lipinski definition) is 0. The zero-order valence-electron chi connectivity index (χ0n) is 10.3. The highest BCUT2D eigenvalue weighted by Gasteiger charge is 2.14. The van der Waals surface area contributed by atoms with Gasteiger partial charge in [0.15, 0.2) is 5.75 Å². The van der Waals surface area contributed by atoms with Crippen molar-refractivity contribution in [1.29, 1.82) is 5.26 Å². The van der Waals surface area contributed by atoms with Gasteiger partial charge in [-0.05, 0) is 25.0 Å². The molecular weight excluding hydrogens is 230 g/mol. The monoisotopic (exact) mass is 245 g/mol. The summed E-state index contributed by atoms with van der Waals surface area (Å²) in [5.41, 5.74) is 0.681. The Kier molecular flexibility index (Phi) is 4.21. The second-order valence-corrected chi connectivity index (χ2v) is 3.92. The Morgan fingerprint density at radius 3 is 2.78 bits per heavy atom. The predicted molar refractivity (Wildman–Crippen MR) is 67.5 cm³/mol. The van der Waals surface area contributed by atoms with Gasteiger partial charge in [-0.1, -0.05) is 12.1 Å². The molecule has 0 saturated heterocycles. The fourth-order valence-electron chi connectivity index (χ4n) is 1.76. The van der Waals surface area contributed by atoms with Gasteiger partial charge in [-0.3, -0.25) is 0 Å². The number of benzene rings is 1. The molecule has 94 valence electrons. The van der Waals surface area contributed by atoms with Crippen LogP contribution in [0.5, 0.6) is 5.75 Å². The van der Waals surface area contributed by atoms with Gasteiger partial charge in [0.25, 0.3) is 0 Å². The van der Waals surface area contributed by atoms with Crippen molar-refractivity contribution in [2.75, 3.05) is 20.3 Å². The van der Waals surface area contributed by atoms with Crippen molar-refractivity contribution in [1.82, 2.24) is 0 Å². The Bertz CT molecular complexity index is 554. The average molecular weight is 245 g/mol. The van der Waals surface area contributed by atoms with Gasteiger partial charge < -0.3 is 13.9 Å². The van der Waals surface area contributed by atoms with Crippen LogP contribution in [0.2, 0.25) is 0 Å². The Hall–Kier alpha value is -1.99. The van der Waals surface area contributed by atoms with Gasteiger partial charge in [0.1, 0.15) is 11.7 Å². The summed E-state index contributed by atoms with van der Waals surface area (Å²) in [6.45, 7) is 1.28. The van der Waals surface area contributed by atoms with Gasteiger partial charge in [-0.15, -0.1) is 0 Å². The van der Waals surface area contributed by atoms with Crippen molar-refractivity contribution in [2.24, 2.45) is 0 Å². The maximum absolute atomic E-state index is 9.02. The summed E-state index contributed by atoms with van der Waals surface area (Å²) in [7, 11) is 1.68. The molecule has 0 unspecified atom stereocenters. The number of methoxy groups -OCH3 is 1. The maximum atomic E-state index is 9.02. The minimum Gasteiger partial charge on any atom is -0.488 e. The number of hydrogen-bond acceptors (Lipinski definition) is 4. The Balaban J connectivity index is 2.09. The van der Waals surface area contributed by atoms with Crippen molar-refractivity contribution in [3.8, 4) is 11.8 Å². The van der Waals surface area contributed by atoms with Crippen molar-refractivity contribution < 1.29 is 13.9 Å². The summed E-state index contributed by atoms with van der Waals surface area (Å²) >= 11 is 0. The molecule has 4 heteroatoms. The van der Waals surface area contributed by atoms with E-state index in [4.69, 9.17) is 19.2 Å². The van der Waals surface area contributed by atoms with E-state index in [0.717, 1.165) is 24.8 Å². The van der Waals surface area contributed by atoms with E-state index in [1.54, 1.807) is 7.11 Å². The van der Waals surface area contributed by atoms with Crippen LogP contribution in [0.3, 0.4) is 0 Å². The van der Waals surface area contributed by atoms with Crippen LogP contribution in [0.25, 0.3) is 11.0 Å². The van der Waals surface area contributed by atoms with Crippen LogP contribution in [-0.2, 0) is 4.74 Å². The highest BCUT2D eigenvalue weighted by molar-refractivity contribution is 5.86. The van der Waals surface area contributed by atoms with Gasteiger partial charge >= 0.3 is 0 Å². The van der Waals surface area contributed by atoms with Gasteiger partial charge in [0.05, 0.1) is 12.0 Å². The fourth-order valence-corrected chi connectivity index (χ4v) is 1.76. The summed E-state index contributed by atoms with van der Waals surface area (Å²) in [6, 6.07) is 9.51. The van der Waals surface area contributed by atoms with E-state index < -0.39 is 0 Å². The minimum atomic E-state index is 0.239. The van der Waals surface area contributed by atoms with Gasteiger partial charge in [-0.2, -0.15) is 5.26 Å². The standard InChI is InChI=1S/C14H15NO3/c1-16-8-4-5-9-17-14-11-6-2-3-7-12(11)18-13(14)10-15/h2-3,6-7H,4-5,8-9H2,1H3. The predicted octanol–water partition coefficient (Wildman–Crippen LogP) is 3.11. The molecule has 0 aliphatic carbocycles. The normalized spacial score (nSPS) is 10.4. The van der Waals surface area contributed by atoms with E-state index in [0.29, 0.717) is 17.9 Å². The molecule has 2 rings (SSSR count). The molecule has 0 spiro atoms. The van der Waals surface area contributed by atoms with Crippen LogP contribution in [0.1, 0.15) is 18.6 Å². The molecule has 0 aliphatic rings. The topological polar surface area (TPSA) is 55.4 Å². The number of para-hydroxylation sites is 1. The lowest BCUT2D eigenvalue weighted by Crippen LogP contribution is -2.00.